The van der Waals surface area contributed by atoms with Crippen LogP contribution in [0.25, 0.3) is 0 Å². The first-order valence-electron chi connectivity index (χ1n) is 7.02. The predicted octanol–water partition coefficient (Wildman–Crippen LogP) is 2.83. The van der Waals surface area contributed by atoms with Crippen molar-refractivity contribution in [2.45, 2.75) is 38.1 Å². The van der Waals surface area contributed by atoms with E-state index in [1.165, 1.54) is 32.1 Å². The van der Waals surface area contributed by atoms with Crippen molar-refractivity contribution in [3.05, 3.63) is 29.8 Å². The largest absolute Gasteiger partial charge is 0.496 e. The minimum absolute atomic E-state index is 0.491. The molecule has 20 heavy (non-hydrogen) atoms. The van der Waals surface area contributed by atoms with E-state index in [4.69, 9.17) is 17.0 Å². The lowest BCUT2D eigenvalue weighted by atomic mass is 9.96. The maximum atomic E-state index is 5.26. The van der Waals surface area contributed by atoms with E-state index < -0.39 is 0 Å². The molecule has 0 spiro atoms. The molecule has 2 rings (SSSR count). The average molecular weight is 291 g/mol. The third kappa shape index (κ3) is 4.49. The smallest absolute Gasteiger partial charge is 0.187 e. The van der Waals surface area contributed by atoms with Gasteiger partial charge in [-0.1, -0.05) is 31.4 Å². The van der Waals surface area contributed by atoms with E-state index in [-0.39, 0.29) is 0 Å². The highest BCUT2D eigenvalue weighted by Crippen LogP contribution is 2.17. The van der Waals surface area contributed by atoms with Crippen LogP contribution < -0.4 is 15.5 Å². The van der Waals surface area contributed by atoms with Gasteiger partial charge in [0.2, 0.25) is 0 Å². The summed E-state index contributed by atoms with van der Waals surface area (Å²) in [7, 11) is 1.65. The number of benzene rings is 1. The molecule has 0 saturated heterocycles. The Bertz CT molecular complexity index is 470. The third-order valence-electron chi connectivity index (χ3n) is 3.45. The number of ether oxygens (including phenoxy) is 1. The number of thiocarbonyl (C=S) groups is 1. The normalized spacial score (nSPS) is 16.1. The van der Waals surface area contributed by atoms with Gasteiger partial charge in [-0.05, 0) is 37.2 Å². The van der Waals surface area contributed by atoms with Crippen molar-refractivity contribution >= 4 is 23.5 Å². The Labute approximate surface area is 125 Å². The molecule has 1 aromatic carbocycles. The van der Waals surface area contributed by atoms with Crippen LogP contribution in [0.3, 0.4) is 0 Å². The van der Waals surface area contributed by atoms with Crippen LogP contribution in [0.2, 0.25) is 0 Å². The molecule has 108 valence electrons. The Morgan fingerprint density at radius 3 is 2.80 bits per heavy atom. The molecule has 0 radical (unpaired) electrons. The van der Waals surface area contributed by atoms with Crippen LogP contribution in [0.5, 0.6) is 5.75 Å². The zero-order valence-corrected chi connectivity index (χ0v) is 12.6. The predicted molar refractivity (Wildman–Crippen MR) is 86.3 cm³/mol. The SMILES string of the molecule is COc1ccccc1C=NNC(=S)NC1CCCCC1. The molecule has 0 aromatic heterocycles. The van der Waals surface area contributed by atoms with Crippen molar-refractivity contribution in [1.82, 2.24) is 10.7 Å². The van der Waals surface area contributed by atoms with Crippen molar-refractivity contribution in [1.29, 1.82) is 0 Å². The van der Waals surface area contributed by atoms with Crippen LogP contribution in [0.1, 0.15) is 37.7 Å². The number of para-hydroxylation sites is 1. The average Bonchev–Trinajstić information content (AvgIpc) is 2.49. The first-order chi connectivity index (χ1) is 9.79. The van der Waals surface area contributed by atoms with Gasteiger partial charge in [0, 0.05) is 11.6 Å². The summed E-state index contributed by atoms with van der Waals surface area (Å²) in [6.07, 6.45) is 8.00. The van der Waals surface area contributed by atoms with Crippen LogP contribution >= 0.6 is 12.2 Å². The fourth-order valence-electron chi connectivity index (χ4n) is 2.40. The summed E-state index contributed by atoms with van der Waals surface area (Å²) in [4.78, 5) is 0. The summed E-state index contributed by atoms with van der Waals surface area (Å²) in [6.45, 7) is 0. The molecule has 0 aliphatic heterocycles. The van der Waals surface area contributed by atoms with Gasteiger partial charge in [0.15, 0.2) is 5.11 Å². The molecule has 0 atom stereocenters. The highest BCUT2D eigenvalue weighted by molar-refractivity contribution is 7.80. The van der Waals surface area contributed by atoms with Crippen molar-refractivity contribution in [3.63, 3.8) is 0 Å². The lowest BCUT2D eigenvalue weighted by molar-refractivity contribution is 0.412. The van der Waals surface area contributed by atoms with E-state index in [1.807, 2.05) is 24.3 Å². The van der Waals surface area contributed by atoms with Crippen molar-refractivity contribution in [2.24, 2.45) is 5.10 Å². The van der Waals surface area contributed by atoms with Crippen LogP contribution in [0.15, 0.2) is 29.4 Å². The third-order valence-corrected chi connectivity index (χ3v) is 3.66. The summed E-state index contributed by atoms with van der Waals surface area (Å²) in [5.74, 6) is 0.796. The Balaban J connectivity index is 1.81. The van der Waals surface area contributed by atoms with Gasteiger partial charge in [0.25, 0.3) is 0 Å². The minimum atomic E-state index is 0.491. The number of hydrogen-bond acceptors (Lipinski definition) is 3. The zero-order valence-electron chi connectivity index (χ0n) is 11.8. The number of methoxy groups -OCH3 is 1. The Kier molecular flexibility index (Phi) is 5.80. The molecule has 1 fully saturated rings. The number of rotatable bonds is 4. The van der Waals surface area contributed by atoms with Gasteiger partial charge in [-0.25, -0.2) is 0 Å². The van der Waals surface area contributed by atoms with Crippen molar-refractivity contribution < 1.29 is 4.74 Å². The maximum Gasteiger partial charge on any atom is 0.187 e. The van der Waals surface area contributed by atoms with Gasteiger partial charge in [-0.3, -0.25) is 5.43 Å². The van der Waals surface area contributed by atoms with E-state index in [2.05, 4.69) is 15.8 Å². The molecule has 1 aliphatic carbocycles. The summed E-state index contributed by atoms with van der Waals surface area (Å²) >= 11 is 5.24. The van der Waals surface area contributed by atoms with Crippen LogP contribution in [0, 0.1) is 0 Å². The maximum absolute atomic E-state index is 5.26. The van der Waals surface area contributed by atoms with Gasteiger partial charge < -0.3 is 10.1 Å². The lowest BCUT2D eigenvalue weighted by Gasteiger charge is -2.23. The highest BCUT2D eigenvalue weighted by atomic mass is 32.1. The fourth-order valence-corrected chi connectivity index (χ4v) is 2.62. The second kappa shape index (κ2) is 7.85. The highest BCUT2D eigenvalue weighted by Gasteiger charge is 2.13. The van der Waals surface area contributed by atoms with Gasteiger partial charge in [-0.15, -0.1) is 0 Å². The van der Waals surface area contributed by atoms with Crippen molar-refractivity contribution in [2.75, 3.05) is 7.11 Å². The first-order valence-corrected chi connectivity index (χ1v) is 7.43. The van der Waals surface area contributed by atoms with Gasteiger partial charge in [-0.2, -0.15) is 5.10 Å². The molecule has 1 aromatic rings. The molecule has 1 aliphatic rings. The molecule has 0 amide bonds. The second-order valence-electron chi connectivity index (χ2n) is 4.92. The quantitative estimate of drug-likeness (QED) is 0.509. The number of nitrogens with zero attached hydrogens (tertiary/aromatic N) is 1. The van der Waals surface area contributed by atoms with E-state index in [1.54, 1.807) is 13.3 Å². The summed E-state index contributed by atoms with van der Waals surface area (Å²) in [5, 5.41) is 8.05. The van der Waals surface area contributed by atoms with E-state index >= 15 is 0 Å². The molecular formula is C15H21N3OS. The summed E-state index contributed by atoms with van der Waals surface area (Å²) < 4.78 is 5.26. The van der Waals surface area contributed by atoms with Gasteiger partial charge in [0.1, 0.15) is 5.75 Å². The fraction of sp³-hybridized carbons (Fsp3) is 0.467. The molecule has 0 heterocycles. The monoisotopic (exact) mass is 291 g/mol. The molecule has 0 bridgehead atoms. The van der Waals surface area contributed by atoms with Crippen LogP contribution in [-0.2, 0) is 0 Å². The van der Waals surface area contributed by atoms with E-state index in [9.17, 15) is 0 Å². The molecule has 4 nitrogen and oxygen atoms in total. The summed E-state index contributed by atoms with van der Waals surface area (Å²) in [5.41, 5.74) is 3.78. The Morgan fingerprint density at radius 2 is 2.05 bits per heavy atom. The summed E-state index contributed by atoms with van der Waals surface area (Å²) in [6, 6.07) is 8.22. The van der Waals surface area contributed by atoms with Crippen molar-refractivity contribution in [3.8, 4) is 5.75 Å². The van der Waals surface area contributed by atoms with Crippen LogP contribution in [0.4, 0.5) is 0 Å². The molecule has 0 unspecified atom stereocenters. The van der Waals surface area contributed by atoms with E-state index in [0.717, 1.165) is 11.3 Å². The lowest BCUT2D eigenvalue weighted by Crippen LogP contribution is -2.40. The molecular weight excluding hydrogens is 270 g/mol. The molecule has 2 N–H and O–H groups in total. The topological polar surface area (TPSA) is 45.6 Å². The van der Waals surface area contributed by atoms with E-state index in [0.29, 0.717) is 11.2 Å². The molecule has 1 saturated carbocycles. The van der Waals surface area contributed by atoms with Crippen LogP contribution in [-0.4, -0.2) is 24.5 Å². The number of hydrogen-bond donors (Lipinski definition) is 2. The number of nitrogens with one attached hydrogen (secondary N) is 2. The first kappa shape index (κ1) is 14.8. The van der Waals surface area contributed by atoms with Gasteiger partial charge >= 0.3 is 0 Å². The zero-order chi connectivity index (χ0) is 14.2. The minimum Gasteiger partial charge on any atom is -0.496 e. The Morgan fingerprint density at radius 1 is 1.30 bits per heavy atom. The number of hydrazone groups is 1. The standard InChI is InChI=1S/C15H21N3OS/c1-19-14-10-6-5-7-12(14)11-16-18-15(20)17-13-8-3-2-4-9-13/h5-7,10-11,13H,2-4,8-9H2,1H3,(H2,17,18,20). The second-order valence-corrected chi connectivity index (χ2v) is 5.33. The molecule has 5 heteroatoms. The Hall–Kier alpha value is -1.62. The van der Waals surface area contributed by atoms with Gasteiger partial charge in [0.05, 0.1) is 13.3 Å².